The van der Waals surface area contributed by atoms with Crippen LogP contribution < -0.4 is 5.01 Å². The summed E-state index contributed by atoms with van der Waals surface area (Å²) in [4.78, 5) is 19.7. The van der Waals surface area contributed by atoms with Crippen LogP contribution in [-0.4, -0.2) is 35.6 Å². The number of halogens is 2. The van der Waals surface area contributed by atoms with E-state index in [4.69, 9.17) is 33.3 Å². The number of hydrogen-bond acceptors (Lipinski definition) is 5. The lowest BCUT2D eigenvalue weighted by atomic mass is 9.77. The second-order valence-corrected chi connectivity index (χ2v) is 10.9. The topological polar surface area (TPSA) is 48.8 Å². The van der Waals surface area contributed by atoms with Crippen molar-refractivity contribution < 1.29 is 4.79 Å². The number of aryl methyl sites for hydroxylation is 1. The standard InChI is InChI=1S/C27H26Cl2N4OS/c1-16-25(26(34)32(2)3)35-27(30-16)33-24(19-11-5-7-14-22(19)29)20-12-8-10-18(23(20)31-33)15-17-9-4-6-13-21(17)28/h4-7,9,11,13-15,20,24H,8,10,12H2,1-3H3/b18-15-/t20-,24-/m0/s1. The zero-order valence-corrected chi connectivity index (χ0v) is 22.2. The minimum Gasteiger partial charge on any atom is -0.344 e. The SMILES string of the molecule is Cc1nc(N2N=C3/C(=C\c4ccccc4Cl)CCC[C@@H]3[C@@H]2c2ccccc2Cl)sc1C(=O)N(C)C. The molecular formula is C27H26Cl2N4OS. The third-order valence-corrected chi connectivity index (χ3v) is 8.37. The first-order valence-corrected chi connectivity index (χ1v) is 13.2. The van der Waals surface area contributed by atoms with Gasteiger partial charge < -0.3 is 4.90 Å². The molecule has 0 N–H and O–H groups in total. The molecule has 0 spiro atoms. The number of benzene rings is 2. The highest BCUT2D eigenvalue weighted by molar-refractivity contribution is 7.17. The van der Waals surface area contributed by atoms with Crippen LogP contribution in [0.2, 0.25) is 10.0 Å². The van der Waals surface area contributed by atoms with E-state index in [1.807, 2.05) is 54.4 Å². The van der Waals surface area contributed by atoms with Gasteiger partial charge in [-0.2, -0.15) is 5.10 Å². The summed E-state index contributed by atoms with van der Waals surface area (Å²) in [5, 5.41) is 9.27. The van der Waals surface area contributed by atoms with Gasteiger partial charge in [0.2, 0.25) is 5.13 Å². The summed E-state index contributed by atoms with van der Waals surface area (Å²) in [7, 11) is 3.51. The minimum atomic E-state index is -0.0958. The first kappa shape index (κ1) is 24.0. The van der Waals surface area contributed by atoms with Crippen LogP contribution in [0.15, 0.2) is 59.2 Å². The van der Waals surface area contributed by atoms with Crippen LogP contribution in [0.4, 0.5) is 5.13 Å². The number of nitrogens with zero attached hydrogens (tertiary/aromatic N) is 4. The highest BCUT2D eigenvalue weighted by Crippen LogP contribution is 2.48. The molecule has 2 aliphatic rings. The van der Waals surface area contributed by atoms with Gasteiger partial charge in [-0.05, 0) is 61.1 Å². The molecule has 1 aliphatic carbocycles. The molecule has 0 bridgehead atoms. The number of carbonyl (C=O) groups is 1. The molecule has 8 heteroatoms. The molecule has 1 fully saturated rings. The molecule has 5 rings (SSSR count). The predicted molar refractivity (Wildman–Crippen MR) is 146 cm³/mol. The van der Waals surface area contributed by atoms with Gasteiger partial charge in [0.15, 0.2) is 0 Å². The van der Waals surface area contributed by atoms with Crippen molar-refractivity contribution in [1.82, 2.24) is 9.88 Å². The lowest BCUT2D eigenvalue weighted by molar-refractivity contribution is 0.0831. The Kier molecular flexibility index (Phi) is 6.71. The van der Waals surface area contributed by atoms with Crippen molar-refractivity contribution in [2.45, 2.75) is 32.2 Å². The minimum absolute atomic E-state index is 0.0517. The van der Waals surface area contributed by atoms with Crippen LogP contribution in [0.3, 0.4) is 0 Å². The Hall–Kier alpha value is -2.67. The van der Waals surface area contributed by atoms with E-state index in [0.717, 1.165) is 41.1 Å². The molecule has 0 unspecified atom stereocenters. The molecule has 0 radical (unpaired) electrons. The van der Waals surface area contributed by atoms with Gasteiger partial charge in [-0.15, -0.1) is 0 Å². The van der Waals surface area contributed by atoms with Crippen molar-refractivity contribution in [3.8, 4) is 0 Å². The fourth-order valence-electron chi connectivity index (χ4n) is 4.84. The molecule has 1 saturated carbocycles. The molecule has 0 saturated heterocycles. The zero-order valence-electron chi connectivity index (χ0n) is 19.8. The Labute approximate surface area is 219 Å². The van der Waals surface area contributed by atoms with E-state index >= 15 is 0 Å². The van der Waals surface area contributed by atoms with Crippen LogP contribution in [0, 0.1) is 12.8 Å². The summed E-state index contributed by atoms with van der Waals surface area (Å²) < 4.78 is 0. The van der Waals surface area contributed by atoms with E-state index in [-0.39, 0.29) is 17.9 Å². The molecule has 5 nitrogen and oxygen atoms in total. The Morgan fingerprint density at radius 3 is 2.54 bits per heavy atom. The van der Waals surface area contributed by atoms with E-state index in [2.05, 4.69) is 12.1 Å². The molecule has 2 aromatic carbocycles. The summed E-state index contributed by atoms with van der Waals surface area (Å²) in [6.45, 7) is 1.88. The first-order chi connectivity index (χ1) is 16.8. The number of aromatic nitrogens is 1. The van der Waals surface area contributed by atoms with E-state index in [1.165, 1.54) is 16.9 Å². The highest BCUT2D eigenvalue weighted by atomic mass is 35.5. The third kappa shape index (κ3) is 4.51. The molecule has 180 valence electrons. The van der Waals surface area contributed by atoms with Crippen molar-refractivity contribution in [2.75, 3.05) is 19.1 Å². The van der Waals surface area contributed by atoms with Crippen molar-refractivity contribution in [1.29, 1.82) is 0 Å². The second kappa shape index (κ2) is 9.76. The number of rotatable bonds is 4. The van der Waals surface area contributed by atoms with Gasteiger partial charge in [0.25, 0.3) is 5.91 Å². The maximum absolute atomic E-state index is 12.7. The summed E-state index contributed by atoms with van der Waals surface area (Å²) in [6.07, 6.45) is 5.15. The zero-order chi connectivity index (χ0) is 24.7. The molecule has 1 aromatic heterocycles. The number of anilines is 1. The molecule has 2 atom stereocenters. The number of fused-ring (bicyclic) bond motifs is 1. The fourth-order valence-corrected chi connectivity index (χ4v) is 6.36. The van der Waals surface area contributed by atoms with Crippen LogP contribution in [0.5, 0.6) is 0 Å². The van der Waals surface area contributed by atoms with Gasteiger partial charge >= 0.3 is 0 Å². The van der Waals surface area contributed by atoms with Gasteiger partial charge in [-0.3, -0.25) is 4.79 Å². The van der Waals surface area contributed by atoms with Crippen molar-refractivity contribution in [3.63, 3.8) is 0 Å². The Morgan fingerprint density at radius 1 is 1.11 bits per heavy atom. The van der Waals surface area contributed by atoms with Crippen molar-refractivity contribution in [3.05, 3.63) is 85.8 Å². The van der Waals surface area contributed by atoms with E-state index in [9.17, 15) is 4.79 Å². The number of carbonyl (C=O) groups excluding carboxylic acids is 1. The summed E-state index contributed by atoms with van der Waals surface area (Å²) in [5.41, 5.74) is 4.96. The quantitative estimate of drug-likeness (QED) is 0.360. The number of amides is 1. The molecular weight excluding hydrogens is 499 g/mol. The normalized spacial score (nSPS) is 20.7. The maximum atomic E-state index is 12.7. The Bertz CT molecular complexity index is 1350. The largest absolute Gasteiger partial charge is 0.344 e. The molecule has 35 heavy (non-hydrogen) atoms. The van der Waals surface area contributed by atoms with Gasteiger partial charge in [0, 0.05) is 30.1 Å². The third-order valence-electron chi connectivity index (χ3n) is 6.54. The molecule has 2 heterocycles. The molecule has 1 aliphatic heterocycles. The van der Waals surface area contributed by atoms with Crippen LogP contribution in [-0.2, 0) is 0 Å². The van der Waals surface area contributed by atoms with Crippen LogP contribution in [0.25, 0.3) is 6.08 Å². The molecule has 3 aromatic rings. The maximum Gasteiger partial charge on any atom is 0.265 e. The second-order valence-electron chi connectivity index (χ2n) is 9.10. The summed E-state index contributed by atoms with van der Waals surface area (Å²) >= 11 is 14.6. The van der Waals surface area contributed by atoms with Gasteiger partial charge in [0.1, 0.15) is 4.88 Å². The van der Waals surface area contributed by atoms with Crippen LogP contribution in [0.1, 0.15) is 51.8 Å². The number of hydrazone groups is 1. The smallest absolute Gasteiger partial charge is 0.265 e. The number of thiazole rings is 1. The average molecular weight is 526 g/mol. The van der Waals surface area contributed by atoms with Crippen molar-refractivity contribution >= 4 is 57.4 Å². The number of allylic oxidation sites excluding steroid dienone is 1. The fraction of sp³-hybridized carbons (Fsp3) is 0.296. The van der Waals surface area contributed by atoms with Crippen LogP contribution >= 0.6 is 34.5 Å². The first-order valence-electron chi connectivity index (χ1n) is 11.6. The van der Waals surface area contributed by atoms with E-state index in [0.29, 0.717) is 20.7 Å². The number of hydrogen-bond donors (Lipinski definition) is 0. The van der Waals surface area contributed by atoms with Gasteiger partial charge in [-0.1, -0.05) is 70.9 Å². The average Bonchev–Trinajstić information content (AvgIpc) is 3.41. The van der Waals surface area contributed by atoms with Crippen molar-refractivity contribution in [2.24, 2.45) is 11.0 Å². The predicted octanol–water partition coefficient (Wildman–Crippen LogP) is 7.26. The monoisotopic (exact) mass is 524 g/mol. The highest BCUT2D eigenvalue weighted by Gasteiger charge is 2.44. The summed E-state index contributed by atoms with van der Waals surface area (Å²) in [6, 6.07) is 15.7. The van der Waals surface area contributed by atoms with E-state index in [1.54, 1.807) is 19.0 Å². The Morgan fingerprint density at radius 2 is 1.83 bits per heavy atom. The Balaban J connectivity index is 1.63. The lowest BCUT2D eigenvalue weighted by Crippen LogP contribution is -2.28. The molecule has 1 amide bonds. The van der Waals surface area contributed by atoms with Gasteiger partial charge in [0.05, 0.1) is 17.4 Å². The summed E-state index contributed by atoms with van der Waals surface area (Å²) in [5.74, 6) is 0.110. The lowest BCUT2D eigenvalue weighted by Gasteiger charge is -2.30. The van der Waals surface area contributed by atoms with Gasteiger partial charge in [-0.25, -0.2) is 9.99 Å². The van der Waals surface area contributed by atoms with E-state index < -0.39 is 0 Å².